The number of hydrogen-bond acceptors (Lipinski definition) is 4. The van der Waals surface area contributed by atoms with Crippen LogP contribution in [0.3, 0.4) is 0 Å². The standard InChI is InChI=1S/C13H15NO3S/c1-16-13(15)14(9-11-5-7-17-10-11)6-4-12-3-2-8-18-12/h2-3,5,7-8,10H,4,6,9H2,1H3. The third-order valence-corrected chi connectivity index (χ3v) is 3.53. The lowest BCUT2D eigenvalue weighted by Gasteiger charge is -2.20. The quantitative estimate of drug-likeness (QED) is 0.834. The van der Waals surface area contributed by atoms with E-state index in [9.17, 15) is 4.79 Å². The number of hydrogen-bond donors (Lipinski definition) is 0. The largest absolute Gasteiger partial charge is 0.472 e. The van der Waals surface area contributed by atoms with Gasteiger partial charge in [-0.3, -0.25) is 0 Å². The fraction of sp³-hybridized carbons (Fsp3) is 0.308. The van der Waals surface area contributed by atoms with E-state index in [1.54, 1.807) is 28.8 Å². The van der Waals surface area contributed by atoms with Gasteiger partial charge in [-0.25, -0.2) is 4.79 Å². The van der Waals surface area contributed by atoms with Crippen LogP contribution in [0.5, 0.6) is 0 Å². The van der Waals surface area contributed by atoms with Gasteiger partial charge in [-0.05, 0) is 23.9 Å². The van der Waals surface area contributed by atoms with Gasteiger partial charge in [0.15, 0.2) is 0 Å². The van der Waals surface area contributed by atoms with Crippen molar-refractivity contribution in [2.45, 2.75) is 13.0 Å². The number of carbonyl (C=O) groups is 1. The third-order valence-electron chi connectivity index (χ3n) is 2.59. The Hall–Kier alpha value is -1.75. The molecule has 0 atom stereocenters. The minimum atomic E-state index is -0.312. The van der Waals surface area contributed by atoms with Crippen molar-refractivity contribution in [1.29, 1.82) is 0 Å². The number of carbonyl (C=O) groups excluding carboxylic acids is 1. The summed E-state index contributed by atoms with van der Waals surface area (Å²) in [6.45, 7) is 1.15. The number of ether oxygens (including phenoxy) is 1. The summed E-state index contributed by atoms with van der Waals surface area (Å²) < 4.78 is 9.79. The van der Waals surface area contributed by atoms with Crippen molar-refractivity contribution in [1.82, 2.24) is 4.90 Å². The number of nitrogens with zero attached hydrogens (tertiary/aromatic N) is 1. The Labute approximate surface area is 110 Å². The van der Waals surface area contributed by atoms with Crippen molar-refractivity contribution >= 4 is 17.4 Å². The van der Waals surface area contributed by atoms with E-state index in [0.29, 0.717) is 13.1 Å². The molecule has 5 heteroatoms. The first-order chi connectivity index (χ1) is 8.79. The van der Waals surface area contributed by atoms with Gasteiger partial charge >= 0.3 is 6.09 Å². The molecule has 0 aliphatic heterocycles. The summed E-state index contributed by atoms with van der Waals surface area (Å²) in [6.07, 6.45) is 3.77. The summed E-state index contributed by atoms with van der Waals surface area (Å²) in [7, 11) is 1.40. The summed E-state index contributed by atoms with van der Waals surface area (Å²) in [5.74, 6) is 0. The molecule has 4 nitrogen and oxygen atoms in total. The smallest absolute Gasteiger partial charge is 0.409 e. The Morgan fingerprint density at radius 2 is 2.39 bits per heavy atom. The molecule has 2 rings (SSSR count). The van der Waals surface area contributed by atoms with E-state index in [-0.39, 0.29) is 6.09 Å². The van der Waals surface area contributed by atoms with Crippen LogP contribution in [0.25, 0.3) is 0 Å². The van der Waals surface area contributed by atoms with Gasteiger partial charge in [0, 0.05) is 17.0 Å². The predicted octanol–water partition coefficient (Wildman–Crippen LogP) is 3.15. The first-order valence-electron chi connectivity index (χ1n) is 5.66. The Balaban J connectivity index is 1.94. The van der Waals surface area contributed by atoms with E-state index in [4.69, 9.17) is 9.15 Å². The first-order valence-corrected chi connectivity index (χ1v) is 6.54. The van der Waals surface area contributed by atoms with E-state index in [2.05, 4.69) is 6.07 Å². The average molecular weight is 265 g/mol. The minimum absolute atomic E-state index is 0.312. The number of rotatable bonds is 5. The molecule has 0 aliphatic rings. The average Bonchev–Trinajstić information content (AvgIpc) is 3.06. The number of methoxy groups -OCH3 is 1. The van der Waals surface area contributed by atoms with E-state index in [1.165, 1.54) is 12.0 Å². The van der Waals surface area contributed by atoms with Gasteiger partial charge in [0.25, 0.3) is 0 Å². The molecule has 2 aromatic rings. The lowest BCUT2D eigenvalue weighted by molar-refractivity contribution is 0.121. The highest BCUT2D eigenvalue weighted by atomic mass is 32.1. The van der Waals surface area contributed by atoms with Crippen LogP contribution in [0, 0.1) is 0 Å². The zero-order chi connectivity index (χ0) is 12.8. The van der Waals surface area contributed by atoms with E-state index in [1.807, 2.05) is 17.5 Å². The molecule has 0 unspecified atom stereocenters. The second kappa shape index (κ2) is 6.26. The molecule has 0 fully saturated rings. The molecular weight excluding hydrogens is 250 g/mol. The SMILES string of the molecule is COC(=O)N(CCc1cccs1)Cc1ccoc1. The lowest BCUT2D eigenvalue weighted by Crippen LogP contribution is -2.32. The minimum Gasteiger partial charge on any atom is -0.472 e. The van der Waals surface area contributed by atoms with Gasteiger partial charge in [-0.15, -0.1) is 11.3 Å². The Morgan fingerprint density at radius 1 is 1.50 bits per heavy atom. The molecule has 96 valence electrons. The van der Waals surface area contributed by atoms with Gasteiger partial charge in [0.2, 0.25) is 0 Å². The molecule has 0 aliphatic carbocycles. The Bertz CT molecular complexity index is 464. The molecule has 0 N–H and O–H groups in total. The second-order valence-electron chi connectivity index (χ2n) is 3.85. The lowest BCUT2D eigenvalue weighted by atomic mass is 10.3. The van der Waals surface area contributed by atoms with Crippen LogP contribution >= 0.6 is 11.3 Å². The maximum Gasteiger partial charge on any atom is 0.409 e. The molecule has 0 radical (unpaired) electrons. The van der Waals surface area contributed by atoms with Crippen LogP contribution < -0.4 is 0 Å². The van der Waals surface area contributed by atoms with E-state index in [0.717, 1.165) is 12.0 Å². The van der Waals surface area contributed by atoms with Crippen molar-refractivity contribution in [3.8, 4) is 0 Å². The van der Waals surface area contributed by atoms with Crippen molar-refractivity contribution in [2.75, 3.05) is 13.7 Å². The van der Waals surface area contributed by atoms with Crippen LogP contribution in [-0.2, 0) is 17.7 Å². The van der Waals surface area contributed by atoms with Crippen molar-refractivity contribution in [3.05, 3.63) is 46.5 Å². The van der Waals surface area contributed by atoms with Gasteiger partial charge in [0.1, 0.15) is 0 Å². The van der Waals surface area contributed by atoms with Crippen molar-refractivity contribution in [2.24, 2.45) is 0 Å². The van der Waals surface area contributed by atoms with Crippen LogP contribution in [0.1, 0.15) is 10.4 Å². The first kappa shape index (κ1) is 12.7. The van der Waals surface area contributed by atoms with Crippen LogP contribution in [0.2, 0.25) is 0 Å². The van der Waals surface area contributed by atoms with Crippen LogP contribution in [0.15, 0.2) is 40.5 Å². The molecule has 0 spiro atoms. The van der Waals surface area contributed by atoms with Crippen LogP contribution in [0.4, 0.5) is 4.79 Å². The maximum atomic E-state index is 11.7. The molecule has 2 heterocycles. The monoisotopic (exact) mass is 265 g/mol. The number of furan rings is 1. The van der Waals surface area contributed by atoms with Gasteiger partial charge in [-0.2, -0.15) is 0 Å². The molecule has 0 saturated carbocycles. The molecule has 0 aromatic carbocycles. The number of amides is 1. The summed E-state index contributed by atoms with van der Waals surface area (Å²) in [5.41, 5.74) is 0.964. The summed E-state index contributed by atoms with van der Waals surface area (Å²) >= 11 is 1.69. The zero-order valence-electron chi connectivity index (χ0n) is 10.2. The number of thiophene rings is 1. The summed E-state index contributed by atoms with van der Waals surface area (Å²) in [5, 5.41) is 2.04. The Morgan fingerprint density at radius 3 is 3.00 bits per heavy atom. The van der Waals surface area contributed by atoms with Crippen LogP contribution in [-0.4, -0.2) is 24.6 Å². The van der Waals surface area contributed by atoms with Crippen molar-refractivity contribution in [3.63, 3.8) is 0 Å². The van der Waals surface area contributed by atoms with E-state index < -0.39 is 0 Å². The zero-order valence-corrected chi connectivity index (χ0v) is 11.0. The third kappa shape index (κ3) is 3.37. The van der Waals surface area contributed by atoms with Crippen molar-refractivity contribution < 1.29 is 13.9 Å². The molecule has 0 bridgehead atoms. The molecule has 0 saturated heterocycles. The summed E-state index contributed by atoms with van der Waals surface area (Å²) in [6, 6.07) is 5.93. The topological polar surface area (TPSA) is 42.7 Å². The summed E-state index contributed by atoms with van der Waals surface area (Å²) in [4.78, 5) is 14.6. The highest BCUT2D eigenvalue weighted by Crippen LogP contribution is 2.12. The molecular formula is C13H15NO3S. The highest BCUT2D eigenvalue weighted by Gasteiger charge is 2.14. The fourth-order valence-electron chi connectivity index (χ4n) is 1.67. The normalized spacial score (nSPS) is 10.3. The predicted molar refractivity (Wildman–Crippen MR) is 69.5 cm³/mol. The second-order valence-corrected chi connectivity index (χ2v) is 4.88. The molecule has 1 amide bonds. The Kier molecular flexibility index (Phi) is 4.41. The molecule has 2 aromatic heterocycles. The van der Waals surface area contributed by atoms with Gasteiger partial charge in [-0.1, -0.05) is 6.07 Å². The fourth-order valence-corrected chi connectivity index (χ4v) is 2.37. The van der Waals surface area contributed by atoms with Gasteiger partial charge < -0.3 is 14.1 Å². The molecule has 18 heavy (non-hydrogen) atoms. The van der Waals surface area contributed by atoms with E-state index >= 15 is 0 Å². The maximum absolute atomic E-state index is 11.7. The highest BCUT2D eigenvalue weighted by molar-refractivity contribution is 7.09. The van der Waals surface area contributed by atoms with Gasteiger partial charge in [0.05, 0.1) is 26.2 Å².